The van der Waals surface area contributed by atoms with Crippen LogP contribution in [0.4, 0.5) is 11.4 Å². The second-order valence-corrected chi connectivity index (χ2v) is 3.83. The van der Waals surface area contributed by atoms with Crippen LogP contribution in [0.1, 0.15) is 26.2 Å². The highest BCUT2D eigenvalue weighted by molar-refractivity contribution is 5.66. The molecule has 0 saturated carbocycles. The summed E-state index contributed by atoms with van der Waals surface area (Å²) in [6.07, 6.45) is 7.32. The van der Waals surface area contributed by atoms with E-state index in [0.717, 1.165) is 17.9 Å². The first-order valence-corrected chi connectivity index (χ1v) is 5.29. The maximum absolute atomic E-state index is 5.91. The molecule has 0 bridgehead atoms. The van der Waals surface area contributed by atoms with Gasteiger partial charge in [-0.2, -0.15) is 0 Å². The van der Waals surface area contributed by atoms with Crippen molar-refractivity contribution in [1.82, 2.24) is 4.98 Å². The van der Waals surface area contributed by atoms with Crippen LogP contribution >= 0.6 is 0 Å². The molecule has 3 heteroatoms. The van der Waals surface area contributed by atoms with E-state index in [1.165, 1.54) is 19.3 Å². The van der Waals surface area contributed by atoms with Crippen molar-refractivity contribution in [3.05, 3.63) is 18.5 Å². The first kappa shape index (κ1) is 9.31. The minimum Gasteiger partial charge on any atom is -0.396 e. The summed E-state index contributed by atoms with van der Waals surface area (Å²) in [4.78, 5) is 6.43. The number of nitrogens with zero attached hydrogens (tertiary/aromatic N) is 2. The van der Waals surface area contributed by atoms with Gasteiger partial charge in [-0.1, -0.05) is 6.92 Å². The van der Waals surface area contributed by atoms with Crippen molar-refractivity contribution in [2.24, 2.45) is 0 Å². The summed E-state index contributed by atoms with van der Waals surface area (Å²) < 4.78 is 0. The van der Waals surface area contributed by atoms with Gasteiger partial charge in [-0.3, -0.25) is 4.98 Å². The van der Waals surface area contributed by atoms with E-state index < -0.39 is 0 Å². The van der Waals surface area contributed by atoms with Crippen LogP contribution in [0.3, 0.4) is 0 Å². The maximum atomic E-state index is 5.91. The molecule has 3 nitrogen and oxygen atoms in total. The summed E-state index contributed by atoms with van der Waals surface area (Å²) in [6, 6.07) is 2.68. The van der Waals surface area contributed by atoms with Crippen LogP contribution in [0, 0.1) is 0 Å². The third kappa shape index (κ3) is 1.54. The van der Waals surface area contributed by atoms with Crippen LogP contribution in [-0.4, -0.2) is 17.6 Å². The van der Waals surface area contributed by atoms with Crippen molar-refractivity contribution in [2.45, 2.75) is 32.2 Å². The SMILES string of the molecule is CCC1CCCN1c1ccncc1N. The average Bonchev–Trinajstić information content (AvgIpc) is 2.66. The lowest BCUT2D eigenvalue weighted by Crippen LogP contribution is -2.29. The highest BCUT2D eigenvalue weighted by atomic mass is 15.2. The molecule has 2 rings (SSSR count). The lowest BCUT2D eigenvalue weighted by atomic mass is 10.1. The second-order valence-electron chi connectivity index (χ2n) is 3.83. The topological polar surface area (TPSA) is 42.2 Å². The van der Waals surface area contributed by atoms with Crippen LogP contribution < -0.4 is 10.6 Å². The summed E-state index contributed by atoms with van der Waals surface area (Å²) in [6.45, 7) is 3.37. The van der Waals surface area contributed by atoms with E-state index in [4.69, 9.17) is 5.73 Å². The number of nitrogen functional groups attached to an aromatic ring is 1. The summed E-state index contributed by atoms with van der Waals surface area (Å²) in [7, 11) is 0. The summed E-state index contributed by atoms with van der Waals surface area (Å²) in [5.74, 6) is 0. The minimum atomic E-state index is 0.666. The van der Waals surface area contributed by atoms with Crippen LogP contribution in [0.25, 0.3) is 0 Å². The van der Waals surface area contributed by atoms with E-state index in [1.807, 2.05) is 12.3 Å². The molecule has 76 valence electrons. The lowest BCUT2D eigenvalue weighted by molar-refractivity contribution is 0.646. The third-order valence-electron chi connectivity index (χ3n) is 2.99. The number of aromatic nitrogens is 1. The van der Waals surface area contributed by atoms with Crippen molar-refractivity contribution >= 4 is 11.4 Å². The largest absolute Gasteiger partial charge is 0.396 e. The highest BCUT2D eigenvalue weighted by Crippen LogP contribution is 2.30. The molecule has 2 N–H and O–H groups in total. The Bertz CT molecular complexity index is 311. The lowest BCUT2D eigenvalue weighted by Gasteiger charge is -2.26. The van der Waals surface area contributed by atoms with E-state index in [2.05, 4.69) is 16.8 Å². The molecule has 0 spiro atoms. The van der Waals surface area contributed by atoms with Gasteiger partial charge in [0.25, 0.3) is 0 Å². The maximum Gasteiger partial charge on any atom is 0.0738 e. The molecule has 0 amide bonds. The van der Waals surface area contributed by atoms with Crippen molar-refractivity contribution in [2.75, 3.05) is 17.2 Å². The molecule has 1 aliphatic rings. The fourth-order valence-electron chi connectivity index (χ4n) is 2.24. The van der Waals surface area contributed by atoms with Crippen molar-refractivity contribution in [3.63, 3.8) is 0 Å². The van der Waals surface area contributed by atoms with E-state index in [1.54, 1.807) is 6.20 Å². The van der Waals surface area contributed by atoms with Crippen molar-refractivity contribution < 1.29 is 0 Å². The molecule has 1 aliphatic heterocycles. The van der Waals surface area contributed by atoms with Crippen molar-refractivity contribution in [1.29, 1.82) is 0 Å². The smallest absolute Gasteiger partial charge is 0.0738 e. The van der Waals surface area contributed by atoms with Gasteiger partial charge in [-0.15, -0.1) is 0 Å². The Hall–Kier alpha value is -1.25. The Labute approximate surface area is 84.9 Å². The van der Waals surface area contributed by atoms with Gasteiger partial charge >= 0.3 is 0 Å². The van der Waals surface area contributed by atoms with E-state index in [-0.39, 0.29) is 0 Å². The zero-order chi connectivity index (χ0) is 9.97. The molecule has 1 aromatic rings. The minimum absolute atomic E-state index is 0.666. The van der Waals surface area contributed by atoms with Gasteiger partial charge in [0, 0.05) is 18.8 Å². The molecular formula is C11H17N3. The Morgan fingerprint density at radius 1 is 1.64 bits per heavy atom. The van der Waals surface area contributed by atoms with Gasteiger partial charge in [0.1, 0.15) is 0 Å². The molecule has 0 aliphatic carbocycles. The number of rotatable bonds is 2. The monoisotopic (exact) mass is 191 g/mol. The Kier molecular flexibility index (Phi) is 2.57. The molecule has 1 saturated heterocycles. The molecular weight excluding hydrogens is 174 g/mol. The van der Waals surface area contributed by atoms with E-state index in [9.17, 15) is 0 Å². The standard InChI is InChI=1S/C11H17N3/c1-2-9-4-3-7-14(9)11-5-6-13-8-10(11)12/h5-6,8-9H,2-4,7,12H2,1H3. The summed E-state index contributed by atoms with van der Waals surface area (Å²) in [5, 5.41) is 0. The molecule has 1 fully saturated rings. The second kappa shape index (κ2) is 3.86. The zero-order valence-corrected chi connectivity index (χ0v) is 8.61. The van der Waals surface area contributed by atoms with Crippen LogP contribution in [0.15, 0.2) is 18.5 Å². The normalized spacial score (nSPS) is 21.5. The third-order valence-corrected chi connectivity index (χ3v) is 2.99. The average molecular weight is 191 g/mol. The highest BCUT2D eigenvalue weighted by Gasteiger charge is 2.24. The van der Waals surface area contributed by atoms with Gasteiger partial charge in [-0.25, -0.2) is 0 Å². The number of hydrogen-bond acceptors (Lipinski definition) is 3. The predicted molar refractivity (Wildman–Crippen MR) is 59.3 cm³/mol. The van der Waals surface area contributed by atoms with E-state index in [0.29, 0.717) is 6.04 Å². The Morgan fingerprint density at radius 2 is 2.50 bits per heavy atom. The Morgan fingerprint density at radius 3 is 3.21 bits per heavy atom. The molecule has 1 aromatic heterocycles. The zero-order valence-electron chi connectivity index (χ0n) is 8.61. The summed E-state index contributed by atoms with van der Waals surface area (Å²) in [5.41, 5.74) is 7.87. The molecule has 0 radical (unpaired) electrons. The number of nitrogens with two attached hydrogens (primary N) is 1. The molecule has 0 aromatic carbocycles. The van der Waals surface area contributed by atoms with E-state index >= 15 is 0 Å². The fourth-order valence-corrected chi connectivity index (χ4v) is 2.24. The quantitative estimate of drug-likeness (QED) is 0.777. The summed E-state index contributed by atoms with van der Waals surface area (Å²) >= 11 is 0. The van der Waals surface area contributed by atoms with Gasteiger partial charge in [0.05, 0.1) is 17.6 Å². The number of pyridine rings is 1. The molecule has 14 heavy (non-hydrogen) atoms. The first-order valence-electron chi connectivity index (χ1n) is 5.29. The van der Waals surface area contributed by atoms with Gasteiger partial charge in [0.15, 0.2) is 0 Å². The predicted octanol–water partition coefficient (Wildman–Crippen LogP) is 2.04. The van der Waals surface area contributed by atoms with Crippen LogP contribution in [0.5, 0.6) is 0 Å². The molecule has 2 heterocycles. The Balaban J connectivity index is 2.26. The number of anilines is 2. The van der Waals surface area contributed by atoms with Crippen LogP contribution in [-0.2, 0) is 0 Å². The fraction of sp³-hybridized carbons (Fsp3) is 0.545. The van der Waals surface area contributed by atoms with Crippen molar-refractivity contribution in [3.8, 4) is 0 Å². The first-order chi connectivity index (χ1) is 6.83. The molecule has 1 atom stereocenters. The van der Waals surface area contributed by atoms with Gasteiger partial charge in [-0.05, 0) is 25.3 Å². The van der Waals surface area contributed by atoms with Gasteiger partial charge < -0.3 is 10.6 Å². The number of hydrogen-bond donors (Lipinski definition) is 1. The van der Waals surface area contributed by atoms with Crippen LogP contribution in [0.2, 0.25) is 0 Å². The van der Waals surface area contributed by atoms with Gasteiger partial charge in [0.2, 0.25) is 0 Å². The molecule has 1 unspecified atom stereocenters.